The van der Waals surface area contributed by atoms with Crippen LogP contribution in [0, 0.1) is 57.9 Å². The Kier molecular flexibility index (Phi) is 30.3. The lowest BCUT2D eigenvalue weighted by Crippen LogP contribution is -2.50. The molecule has 0 bridgehead atoms. The maximum absolute atomic E-state index is 13.8. The van der Waals surface area contributed by atoms with Gasteiger partial charge < -0.3 is 48.7 Å². The smallest absolute Gasteiger partial charge is 0.244 e. The molecule has 20 rings (SSSR count). The van der Waals surface area contributed by atoms with Crippen LogP contribution in [0.3, 0.4) is 0 Å². The Bertz CT molecular complexity index is 6820. The van der Waals surface area contributed by atoms with E-state index in [1.54, 1.807) is 128 Å². The Morgan fingerprint density at radius 3 is 0.858 bits per heavy atom. The third-order valence-electron chi connectivity index (χ3n) is 24.8. The van der Waals surface area contributed by atoms with Crippen molar-refractivity contribution in [3.05, 3.63) is 319 Å². The Balaban J connectivity index is 0.000000130. The van der Waals surface area contributed by atoms with Crippen molar-refractivity contribution in [1.29, 1.82) is 0 Å². The molecule has 12 heterocycles. The standard InChI is InChI=1S/C27H27FN6O2.C27H27FN6O.C26H26FN7O2.C26H25FN6O/c1-19-16-21(8-9-23(19)28)26-30-27(20-6-4-3-5-7-20)34(31-26)18-25(35)33-14-12-32(13-15-33)24-17-22(36-2)10-11-29-24;1-19-10-11-29-24(16-19)32-12-14-33(15-13-32)25(35)18-34-27(21-6-4-3-5-7-21)30-26(31-34)22-8-9-23(28)20(2)17-22;1-18-14-20(8-9-21(18)27)25-30-26(19-6-4-3-5-7-19)34(31-25)16-24(35)33-12-10-32(11-13-33)22-15-23(36-2)29-17-28-22;1-19-17-21(10-11-22(19)27)25-29-26(20-7-3-2-4-8-20)33(30-25)18-24(34)32-15-13-31(14-16-32)23-9-5-6-12-28-23/h3-11,16-17H,12-15,18H2,1-2H3;3-11,16-17H,12-15,18H2,1-2H3;3-9,14-15,17H,10-13,16H2,1-2H3;2-12,17H,13-16,18H2,1H3. The number of anilines is 4. The zero-order valence-corrected chi connectivity index (χ0v) is 79.2. The van der Waals surface area contributed by atoms with Crippen LogP contribution in [-0.4, -0.2) is 246 Å². The predicted octanol–water partition coefficient (Wildman–Crippen LogP) is 14.9. The van der Waals surface area contributed by atoms with Gasteiger partial charge in [0, 0.05) is 180 Å². The van der Waals surface area contributed by atoms with Crippen LogP contribution in [0.4, 0.5) is 40.8 Å². The van der Waals surface area contributed by atoms with Gasteiger partial charge >= 0.3 is 0 Å². The molecule has 0 spiro atoms. The van der Waals surface area contributed by atoms with Gasteiger partial charge in [-0.15, -0.1) is 20.4 Å². The van der Waals surface area contributed by atoms with Crippen LogP contribution in [0.15, 0.2) is 268 Å². The molecule has 0 unspecified atom stereocenters. The Labute approximate surface area is 813 Å². The van der Waals surface area contributed by atoms with Gasteiger partial charge in [0.25, 0.3) is 0 Å². The summed E-state index contributed by atoms with van der Waals surface area (Å²) in [6, 6.07) is 73.2. The normalized spacial score (nSPS) is 13.7. The van der Waals surface area contributed by atoms with Crippen molar-refractivity contribution in [3.8, 4) is 103 Å². The monoisotopic (exact) mass is 1900 g/mol. The van der Waals surface area contributed by atoms with Crippen molar-refractivity contribution < 1.29 is 46.2 Å². The van der Waals surface area contributed by atoms with E-state index in [9.17, 15) is 36.7 Å². The molecule has 0 saturated carbocycles. The number of benzene rings is 8. The minimum atomic E-state index is -0.281. The third kappa shape index (κ3) is 23.6. The van der Waals surface area contributed by atoms with Gasteiger partial charge in [0.1, 0.15) is 84.8 Å². The van der Waals surface area contributed by atoms with E-state index in [2.05, 4.69) is 77.9 Å². The number of pyridine rings is 3. The van der Waals surface area contributed by atoms with Gasteiger partial charge in [-0.3, -0.25) is 19.2 Å². The molecule has 4 amide bonds. The summed E-state index contributed by atoms with van der Waals surface area (Å²) in [5.41, 5.74) is 9.53. The molecule has 0 radical (unpaired) electrons. The first-order chi connectivity index (χ1) is 68.6. The number of methoxy groups -OCH3 is 2. The van der Waals surface area contributed by atoms with Gasteiger partial charge in [-0.05, 0) is 166 Å². The number of carbonyl (C=O) groups excluding carboxylic acids is 4. The lowest BCUT2D eigenvalue weighted by atomic mass is 10.1. The topological polar surface area (TPSA) is 300 Å². The van der Waals surface area contributed by atoms with E-state index < -0.39 is 0 Å². The van der Waals surface area contributed by atoms with Crippen LogP contribution in [-0.2, 0) is 45.4 Å². The van der Waals surface area contributed by atoms with Gasteiger partial charge in [0.15, 0.2) is 46.6 Å². The van der Waals surface area contributed by atoms with E-state index in [0.717, 1.165) is 77.5 Å². The minimum Gasteiger partial charge on any atom is -0.497 e. The van der Waals surface area contributed by atoms with Crippen molar-refractivity contribution in [1.82, 2.24) is 104 Å². The zero-order chi connectivity index (χ0) is 98.0. The largest absolute Gasteiger partial charge is 0.497 e. The quantitative estimate of drug-likeness (QED) is 0.0569. The number of hydrogen-bond acceptors (Lipinski definition) is 23. The van der Waals surface area contributed by atoms with E-state index in [-0.39, 0.29) is 73.1 Å². The molecular formula is C106H105F4N25O6. The van der Waals surface area contributed by atoms with Crippen molar-refractivity contribution in [2.75, 3.05) is 139 Å². The van der Waals surface area contributed by atoms with Crippen molar-refractivity contribution in [2.24, 2.45) is 0 Å². The number of hydrogen-bond donors (Lipinski definition) is 0. The molecule has 8 aromatic carbocycles. The molecule has 8 aromatic heterocycles. The average molecular weight is 1900 g/mol. The fraction of sp³-hybridized carbons (Fsp3) is 0.255. The van der Waals surface area contributed by atoms with Gasteiger partial charge in [-0.2, -0.15) is 0 Å². The lowest BCUT2D eigenvalue weighted by Gasteiger charge is -2.35. The fourth-order valence-corrected chi connectivity index (χ4v) is 16.8. The molecule has 4 saturated heterocycles. The highest BCUT2D eigenvalue weighted by Crippen LogP contribution is 2.33. The second kappa shape index (κ2) is 44.6. The molecular weight excluding hydrogens is 1800 g/mol. The van der Waals surface area contributed by atoms with Gasteiger partial charge in [-0.1, -0.05) is 127 Å². The van der Waals surface area contributed by atoms with Crippen LogP contribution in [0.1, 0.15) is 27.8 Å². The van der Waals surface area contributed by atoms with Crippen LogP contribution < -0.4 is 29.1 Å². The summed E-state index contributed by atoms with van der Waals surface area (Å²) in [5, 5.41) is 18.6. The molecule has 0 atom stereocenters. The lowest BCUT2D eigenvalue weighted by molar-refractivity contribution is -0.133. The maximum atomic E-state index is 13.8. The molecule has 4 aliphatic heterocycles. The predicted molar refractivity (Wildman–Crippen MR) is 530 cm³/mol. The Morgan fingerprint density at radius 2 is 0.567 bits per heavy atom. The Morgan fingerprint density at radius 1 is 0.277 bits per heavy atom. The summed E-state index contributed by atoms with van der Waals surface area (Å²) < 4.78 is 72.2. The number of piperazine rings is 4. The van der Waals surface area contributed by atoms with E-state index in [1.165, 1.54) is 36.2 Å². The average Bonchev–Trinajstić information content (AvgIpc) is 1.47. The highest BCUT2D eigenvalue weighted by molar-refractivity contribution is 5.81. The van der Waals surface area contributed by atoms with Crippen LogP contribution in [0.2, 0.25) is 0 Å². The van der Waals surface area contributed by atoms with Crippen molar-refractivity contribution in [3.63, 3.8) is 0 Å². The summed E-state index contributed by atoms with van der Waals surface area (Å²) in [4.78, 5) is 110. The van der Waals surface area contributed by atoms with Crippen LogP contribution in [0.25, 0.3) is 91.1 Å². The molecule has 35 heteroatoms. The number of carbonyl (C=O) groups is 4. The van der Waals surface area contributed by atoms with Gasteiger partial charge in [0.2, 0.25) is 29.5 Å². The number of amides is 4. The van der Waals surface area contributed by atoms with Crippen molar-refractivity contribution in [2.45, 2.75) is 60.8 Å². The fourth-order valence-electron chi connectivity index (χ4n) is 16.8. The second-order valence-corrected chi connectivity index (χ2v) is 34.3. The molecule has 4 fully saturated rings. The van der Waals surface area contributed by atoms with E-state index in [1.807, 2.05) is 184 Å². The maximum Gasteiger partial charge on any atom is 0.244 e. The summed E-state index contributed by atoms with van der Waals surface area (Å²) >= 11 is 0. The second-order valence-electron chi connectivity index (χ2n) is 34.3. The molecule has 0 aliphatic carbocycles. The summed E-state index contributed by atoms with van der Waals surface area (Å²) in [6.07, 6.45) is 6.80. The third-order valence-corrected chi connectivity index (χ3v) is 24.8. The number of ether oxygens (including phenoxy) is 2. The number of rotatable bonds is 22. The minimum absolute atomic E-state index is 0.00855. The SMILES string of the molecule is COc1cc(N2CCN(C(=O)Cn3nc(-c4ccc(F)c(C)c4)nc3-c3ccccc3)CC2)ncn1.COc1ccnc(N2CCN(C(=O)Cn3nc(-c4ccc(F)c(C)c4)nc3-c3ccccc3)CC2)c1.Cc1cc(-c2nc(-c3ccccc3)n(CC(=O)N3CCN(c4ccccn4)CC3)n2)ccc1F.Cc1ccnc(N2CCN(C(=O)Cn3nc(-c4ccc(F)c(C)c4)nc3-c3ccccc3)CC2)c1. The van der Waals surface area contributed by atoms with Crippen molar-refractivity contribution >= 4 is 46.9 Å². The highest BCUT2D eigenvalue weighted by Gasteiger charge is 2.31. The molecule has 4 aliphatic rings. The first kappa shape index (κ1) is 96.0. The summed E-state index contributed by atoms with van der Waals surface area (Å²) in [7, 11) is 3.20. The number of aromatic nitrogens is 17. The van der Waals surface area contributed by atoms with E-state index in [0.29, 0.717) is 176 Å². The molecule has 16 aromatic rings. The highest BCUT2D eigenvalue weighted by atomic mass is 19.1. The first-order valence-electron chi connectivity index (χ1n) is 46.5. The van der Waals surface area contributed by atoms with Gasteiger partial charge in [-0.25, -0.2) is 81.1 Å². The Hall–Kier alpha value is -16.8. The van der Waals surface area contributed by atoms with Crippen LogP contribution >= 0.6 is 0 Å². The molecule has 141 heavy (non-hydrogen) atoms. The van der Waals surface area contributed by atoms with E-state index >= 15 is 0 Å². The summed E-state index contributed by atoms with van der Waals surface area (Å²) in [6.45, 7) is 19.5. The number of nitrogens with zero attached hydrogens (tertiary/aromatic N) is 25. The van der Waals surface area contributed by atoms with Crippen LogP contribution in [0.5, 0.6) is 11.6 Å². The van der Waals surface area contributed by atoms with Gasteiger partial charge in [0.05, 0.1) is 14.2 Å². The molecule has 31 nitrogen and oxygen atoms in total. The summed E-state index contributed by atoms with van der Waals surface area (Å²) in [5.74, 6) is 7.80. The number of halogens is 4. The number of aryl methyl sites for hydroxylation is 5. The molecule has 718 valence electrons. The van der Waals surface area contributed by atoms with E-state index in [4.69, 9.17) is 29.4 Å². The zero-order valence-electron chi connectivity index (χ0n) is 79.2. The molecule has 0 N–H and O–H groups in total. The first-order valence-corrected chi connectivity index (χ1v) is 46.5.